The normalized spacial score (nSPS) is 11.0. The van der Waals surface area contributed by atoms with Crippen molar-refractivity contribution < 1.29 is 19.2 Å². The lowest BCUT2D eigenvalue weighted by molar-refractivity contribution is -0.386. The number of likely N-dealkylation sites (N-methyl/N-ethyl adjacent to an activating group) is 2. The fourth-order valence-corrected chi connectivity index (χ4v) is 1.92. The quantitative estimate of drug-likeness (QED) is 0.606. The zero-order chi connectivity index (χ0) is 19.4. The van der Waals surface area contributed by atoms with Crippen LogP contribution in [-0.4, -0.2) is 60.8 Å². The monoisotopic (exact) mass is 355 g/mol. The van der Waals surface area contributed by atoms with Crippen LogP contribution in [0.1, 0.15) is 20.8 Å². The molecule has 0 unspecified atom stereocenters. The van der Waals surface area contributed by atoms with Gasteiger partial charge in [0.25, 0.3) is 5.88 Å². The summed E-state index contributed by atoms with van der Waals surface area (Å²) in [4.78, 5) is 29.5. The molecule has 1 rings (SSSR count). The SMILES string of the molecule is COc1nc(N(C)CCN(C)C(=O)OC(C)(C)C)c(N)cc1[N+](=O)[O-]. The van der Waals surface area contributed by atoms with Crippen molar-refractivity contribution in [2.24, 2.45) is 0 Å². The number of carbonyl (C=O) groups is 1. The second kappa shape index (κ2) is 7.86. The van der Waals surface area contributed by atoms with Gasteiger partial charge in [-0.1, -0.05) is 0 Å². The van der Waals surface area contributed by atoms with Crippen LogP contribution in [0.15, 0.2) is 6.07 Å². The molecule has 0 spiro atoms. The number of nitrogens with zero attached hydrogens (tertiary/aromatic N) is 4. The van der Waals surface area contributed by atoms with Gasteiger partial charge in [0.05, 0.1) is 17.7 Å². The van der Waals surface area contributed by atoms with Crippen molar-refractivity contribution >= 4 is 23.3 Å². The fourth-order valence-electron chi connectivity index (χ4n) is 1.92. The van der Waals surface area contributed by atoms with Gasteiger partial charge in [-0.25, -0.2) is 4.79 Å². The molecular formula is C15H25N5O5. The molecule has 10 nitrogen and oxygen atoms in total. The zero-order valence-corrected chi connectivity index (χ0v) is 15.4. The summed E-state index contributed by atoms with van der Waals surface area (Å²) < 4.78 is 10.2. The second-order valence-electron chi connectivity index (χ2n) is 6.51. The highest BCUT2D eigenvalue weighted by atomic mass is 16.6. The van der Waals surface area contributed by atoms with Crippen LogP contribution in [0, 0.1) is 10.1 Å². The molecular weight excluding hydrogens is 330 g/mol. The van der Waals surface area contributed by atoms with Gasteiger partial charge in [-0.05, 0) is 20.8 Å². The Balaban J connectivity index is 2.82. The number of nitrogen functional groups attached to an aromatic ring is 1. The lowest BCUT2D eigenvalue weighted by Crippen LogP contribution is -2.38. The van der Waals surface area contributed by atoms with E-state index in [1.54, 1.807) is 39.8 Å². The summed E-state index contributed by atoms with van der Waals surface area (Å²) in [7, 11) is 4.63. The summed E-state index contributed by atoms with van der Waals surface area (Å²) in [5, 5.41) is 11.0. The van der Waals surface area contributed by atoms with Crippen molar-refractivity contribution in [2.45, 2.75) is 26.4 Å². The molecule has 1 aromatic rings. The highest BCUT2D eigenvalue weighted by Gasteiger charge is 2.23. The van der Waals surface area contributed by atoms with Gasteiger partial charge in [0.2, 0.25) is 0 Å². The molecule has 10 heteroatoms. The van der Waals surface area contributed by atoms with Crippen molar-refractivity contribution in [1.82, 2.24) is 9.88 Å². The highest BCUT2D eigenvalue weighted by molar-refractivity contribution is 5.69. The molecule has 0 aliphatic heterocycles. The molecule has 0 aromatic carbocycles. The fraction of sp³-hybridized carbons (Fsp3) is 0.600. The van der Waals surface area contributed by atoms with E-state index in [0.717, 1.165) is 0 Å². The minimum absolute atomic E-state index is 0.124. The number of nitrogens with two attached hydrogens (primary N) is 1. The number of carbonyl (C=O) groups excluding carboxylic acids is 1. The lowest BCUT2D eigenvalue weighted by atomic mass is 10.2. The van der Waals surface area contributed by atoms with Crippen LogP contribution in [0.3, 0.4) is 0 Å². The Kier molecular flexibility index (Phi) is 6.37. The number of pyridine rings is 1. The van der Waals surface area contributed by atoms with Crippen LogP contribution in [0.4, 0.5) is 22.0 Å². The zero-order valence-electron chi connectivity index (χ0n) is 15.4. The average molecular weight is 355 g/mol. The van der Waals surface area contributed by atoms with Crippen LogP contribution in [0.25, 0.3) is 0 Å². The standard InChI is InChI=1S/C15H25N5O5/c1-15(2,3)25-14(21)19(5)8-7-18(4)12-10(16)9-11(20(22)23)13(17-12)24-6/h9H,7-8,16H2,1-6H3. The summed E-state index contributed by atoms with van der Waals surface area (Å²) in [6, 6.07) is 1.20. The maximum atomic E-state index is 11.9. The van der Waals surface area contributed by atoms with Crippen molar-refractivity contribution in [3.8, 4) is 5.88 Å². The molecule has 140 valence electrons. The molecule has 0 saturated heterocycles. The molecule has 0 saturated carbocycles. The largest absolute Gasteiger partial charge is 0.476 e. The number of ether oxygens (including phenoxy) is 2. The number of methoxy groups -OCH3 is 1. The van der Waals surface area contributed by atoms with Crippen molar-refractivity contribution in [3.05, 3.63) is 16.2 Å². The third-order valence-corrected chi connectivity index (χ3v) is 3.20. The summed E-state index contributed by atoms with van der Waals surface area (Å²) in [6.07, 6.45) is -0.442. The number of amides is 1. The molecule has 25 heavy (non-hydrogen) atoms. The first kappa shape index (κ1) is 20.3. The van der Waals surface area contributed by atoms with Gasteiger partial charge in [-0.15, -0.1) is 0 Å². The number of anilines is 2. The van der Waals surface area contributed by atoms with E-state index in [1.165, 1.54) is 18.1 Å². The van der Waals surface area contributed by atoms with E-state index in [9.17, 15) is 14.9 Å². The predicted molar refractivity (Wildman–Crippen MR) is 94.0 cm³/mol. The van der Waals surface area contributed by atoms with E-state index in [1.807, 2.05) is 0 Å². The Morgan fingerprint density at radius 2 is 1.96 bits per heavy atom. The topological polar surface area (TPSA) is 124 Å². The van der Waals surface area contributed by atoms with Crippen molar-refractivity contribution in [3.63, 3.8) is 0 Å². The molecule has 1 heterocycles. The highest BCUT2D eigenvalue weighted by Crippen LogP contribution is 2.32. The number of rotatable bonds is 6. The molecule has 0 atom stereocenters. The Hall–Kier alpha value is -2.78. The van der Waals surface area contributed by atoms with Gasteiger partial charge in [-0.2, -0.15) is 4.98 Å². The maximum absolute atomic E-state index is 11.9. The smallest absolute Gasteiger partial charge is 0.410 e. The van der Waals surface area contributed by atoms with E-state index >= 15 is 0 Å². The Morgan fingerprint density at radius 1 is 1.36 bits per heavy atom. The molecule has 0 aliphatic carbocycles. The first-order valence-electron chi connectivity index (χ1n) is 7.60. The van der Waals surface area contributed by atoms with Gasteiger partial charge in [0.15, 0.2) is 5.82 Å². The van der Waals surface area contributed by atoms with Gasteiger partial charge in [-0.3, -0.25) is 10.1 Å². The van der Waals surface area contributed by atoms with Crippen LogP contribution in [0.2, 0.25) is 0 Å². The van der Waals surface area contributed by atoms with Crippen molar-refractivity contribution in [2.75, 3.05) is 44.9 Å². The predicted octanol–water partition coefficient (Wildman–Crippen LogP) is 1.88. The summed E-state index contributed by atoms with van der Waals surface area (Å²) in [6.45, 7) is 6.12. The number of hydrogen-bond donors (Lipinski definition) is 1. The molecule has 0 bridgehead atoms. The van der Waals surface area contributed by atoms with E-state index < -0.39 is 16.6 Å². The van der Waals surface area contributed by atoms with Crippen LogP contribution >= 0.6 is 0 Å². The van der Waals surface area contributed by atoms with E-state index in [4.69, 9.17) is 15.2 Å². The van der Waals surface area contributed by atoms with Gasteiger partial charge < -0.3 is 25.0 Å². The molecule has 0 radical (unpaired) electrons. The van der Waals surface area contributed by atoms with E-state index in [0.29, 0.717) is 18.9 Å². The summed E-state index contributed by atoms with van der Waals surface area (Å²) >= 11 is 0. The molecule has 0 fully saturated rings. The minimum atomic E-state index is -0.609. The van der Waals surface area contributed by atoms with Crippen molar-refractivity contribution in [1.29, 1.82) is 0 Å². The average Bonchev–Trinajstić information content (AvgIpc) is 2.50. The molecule has 2 N–H and O–H groups in total. The summed E-state index contributed by atoms with van der Waals surface area (Å²) in [5.41, 5.74) is 5.13. The first-order valence-corrected chi connectivity index (χ1v) is 7.60. The molecule has 1 aromatic heterocycles. The van der Waals surface area contributed by atoms with E-state index in [-0.39, 0.29) is 17.3 Å². The molecule has 1 amide bonds. The molecule has 0 aliphatic rings. The van der Waals surface area contributed by atoms with Gasteiger partial charge in [0.1, 0.15) is 5.60 Å². The Bertz CT molecular complexity index is 644. The first-order chi connectivity index (χ1) is 11.5. The second-order valence-corrected chi connectivity index (χ2v) is 6.51. The van der Waals surface area contributed by atoms with Crippen LogP contribution in [-0.2, 0) is 4.74 Å². The Morgan fingerprint density at radius 3 is 2.44 bits per heavy atom. The van der Waals surface area contributed by atoms with Crippen LogP contribution in [0.5, 0.6) is 5.88 Å². The maximum Gasteiger partial charge on any atom is 0.410 e. The lowest BCUT2D eigenvalue weighted by Gasteiger charge is -2.27. The van der Waals surface area contributed by atoms with Gasteiger partial charge >= 0.3 is 11.8 Å². The number of hydrogen-bond acceptors (Lipinski definition) is 8. The number of nitro groups is 1. The van der Waals surface area contributed by atoms with Gasteiger partial charge in [0, 0.05) is 33.3 Å². The number of aromatic nitrogens is 1. The Labute approximate surface area is 146 Å². The third kappa shape index (κ3) is 5.66. The van der Waals surface area contributed by atoms with Crippen LogP contribution < -0.4 is 15.4 Å². The summed E-state index contributed by atoms with van der Waals surface area (Å²) in [5.74, 6) is 0.210. The van der Waals surface area contributed by atoms with E-state index in [2.05, 4.69) is 4.98 Å². The third-order valence-electron chi connectivity index (χ3n) is 3.20. The minimum Gasteiger partial charge on any atom is -0.476 e.